The van der Waals surface area contributed by atoms with Crippen molar-refractivity contribution in [2.45, 2.75) is 25.8 Å². The largest absolute Gasteiger partial charge is 0.382 e. The lowest BCUT2D eigenvalue weighted by atomic mass is 10.0. The Kier molecular flexibility index (Phi) is 10.0. The number of rotatable bonds is 10. The summed E-state index contributed by atoms with van der Waals surface area (Å²) in [5, 5.41) is 6.34. The standard InChI is InChI=1S/C18H30F2N4O/c1-5-25-12-7-6-11-22-18(21-2)23-13-16(24(3)4)17-14(19)9-8-10-15(17)20/h8-10,16H,5-7,11-13H2,1-4H3,(H2,21,22,23). The van der Waals surface area contributed by atoms with E-state index in [0.29, 0.717) is 12.5 Å². The smallest absolute Gasteiger partial charge is 0.191 e. The van der Waals surface area contributed by atoms with Gasteiger partial charge in [0.25, 0.3) is 0 Å². The summed E-state index contributed by atoms with van der Waals surface area (Å²) >= 11 is 0. The molecule has 0 saturated carbocycles. The highest BCUT2D eigenvalue weighted by Gasteiger charge is 2.22. The first-order chi connectivity index (χ1) is 12.0. The van der Waals surface area contributed by atoms with Crippen molar-refractivity contribution in [3.8, 4) is 0 Å². The molecule has 0 radical (unpaired) electrons. The maximum absolute atomic E-state index is 14.1. The lowest BCUT2D eigenvalue weighted by molar-refractivity contribution is 0.143. The third kappa shape index (κ3) is 7.36. The van der Waals surface area contributed by atoms with E-state index in [0.717, 1.165) is 32.6 Å². The third-order valence-corrected chi connectivity index (χ3v) is 3.85. The molecule has 7 heteroatoms. The molecule has 0 aliphatic carbocycles. The number of nitrogens with zero attached hydrogens (tertiary/aromatic N) is 2. The van der Waals surface area contributed by atoms with Gasteiger partial charge in [0.2, 0.25) is 0 Å². The highest BCUT2D eigenvalue weighted by molar-refractivity contribution is 5.79. The van der Waals surface area contributed by atoms with Gasteiger partial charge in [0.05, 0.1) is 6.04 Å². The van der Waals surface area contributed by atoms with Gasteiger partial charge in [0.1, 0.15) is 11.6 Å². The predicted octanol–water partition coefficient (Wildman–Crippen LogP) is 2.55. The molecule has 142 valence electrons. The Morgan fingerprint density at radius 1 is 1.20 bits per heavy atom. The van der Waals surface area contributed by atoms with Crippen LogP contribution in [-0.4, -0.2) is 58.3 Å². The van der Waals surface area contributed by atoms with E-state index in [-0.39, 0.29) is 5.56 Å². The van der Waals surface area contributed by atoms with E-state index in [4.69, 9.17) is 4.74 Å². The predicted molar refractivity (Wildman–Crippen MR) is 97.9 cm³/mol. The van der Waals surface area contributed by atoms with Crippen LogP contribution in [0, 0.1) is 11.6 Å². The van der Waals surface area contributed by atoms with Crippen molar-refractivity contribution in [2.24, 2.45) is 4.99 Å². The van der Waals surface area contributed by atoms with E-state index in [1.807, 2.05) is 6.92 Å². The van der Waals surface area contributed by atoms with Gasteiger partial charge in [-0.25, -0.2) is 8.78 Å². The molecule has 0 aliphatic heterocycles. The number of unbranched alkanes of at least 4 members (excludes halogenated alkanes) is 1. The van der Waals surface area contributed by atoms with Gasteiger partial charge in [-0.2, -0.15) is 0 Å². The number of ether oxygens (including phenoxy) is 1. The molecule has 0 saturated heterocycles. The van der Waals surface area contributed by atoms with Crippen LogP contribution in [0.2, 0.25) is 0 Å². The molecule has 25 heavy (non-hydrogen) atoms. The van der Waals surface area contributed by atoms with E-state index in [1.54, 1.807) is 26.0 Å². The lowest BCUT2D eigenvalue weighted by Crippen LogP contribution is -2.42. The first kappa shape index (κ1) is 21.3. The van der Waals surface area contributed by atoms with Gasteiger partial charge in [0, 0.05) is 38.9 Å². The normalized spacial score (nSPS) is 13.2. The number of hydrogen-bond donors (Lipinski definition) is 2. The van der Waals surface area contributed by atoms with Crippen LogP contribution in [0.25, 0.3) is 0 Å². The monoisotopic (exact) mass is 356 g/mol. The fourth-order valence-electron chi connectivity index (χ4n) is 2.47. The van der Waals surface area contributed by atoms with E-state index in [1.165, 1.54) is 18.2 Å². The summed E-state index contributed by atoms with van der Waals surface area (Å²) in [5.74, 6) is -0.473. The Labute approximate surface area is 149 Å². The van der Waals surface area contributed by atoms with Gasteiger partial charge in [-0.05, 0) is 46.0 Å². The minimum Gasteiger partial charge on any atom is -0.382 e. The average Bonchev–Trinajstić information content (AvgIpc) is 2.58. The third-order valence-electron chi connectivity index (χ3n) is 3.85. The first-order valence-electron chi connectivity index (χ1n) is 8.63. The molecular formula is C18H30F2N4O. The maximum atomic E-state index is 14.1. The molecule has 0 fully saturated rings. The van der Waals surface area contributed by atoms with E-state index < -0.39 is 17.7 Å². The highest BCUT2D eigenvalue weighted by atomic mass is 19.1. The van der Waals surface area contributed by atoms with Crippen molar-refractivity contribution in [1.82, 2.24) is 15.5 Å². The summed E-state index contributed by atoms with van der Waals surface area (Å²) in [7, 11) is 5.26. The second-order valence-electron chi connectivity index (χ2n) is 5.90. The highest BCUT2D eigenvalue weighted by Crippen LogP contribution is 2.23. The Morgan fingerprint density at radius 3 is 2.44 bits per heavy atom. The SMILES string of the molecule is CCOCCCCNC(=NC)NCC(c1c(F)cccc1F)N(C)C. The zero-order valence-electron chi connectivity index (χ0n) is 15.6. The minimum absolute atomic E-state index is 0.0622. The molecule has 0 aliphatic rings. The number of benzene rings is 1. The molecular weight excluding hydrogens is 326 g/mol. The van der Waals surface area contributed by atoms with Gasteiger partial charge < -0.3 is 20.3 Å². The molecule has 2 N–H and O–H groups in total. The topological polar surface area (TPSA) is 48.9 Å². The van der Waals surface area contributed by atoms with Crippen LogP contribution in [0.1, 0.15) is 31.4 Å². The van der Waals surface area contributed by atoms with Crippen LogP contribution in [0.3, 0.4) is 0 Å². The second-order valence-corrected chi connectivity index (χ2v) is 5.90. The Balaban J connectivity index is 2.56. The molecule has 0 amide bonds. The van der Waals surface area contributed by atoms with Crippen molar-refractivity contribution < 1.29 is 13.5 Å². The molecule has 1 aromatic carbocycles. The summed E-state index contributed by atoms with van der Waals surface area (Å²) < 4.78 is 33.4. The molecule has 1 atom stereocenters. The molecule has 1 aromatic rings. The van der Waals surface area contributed by atoms with Crippen molar-refractivity contribution in [1.29, 1.82) is 0 Å². The number of nitrogens with one attached hydrogen (secondary N) is 2. The maximum Gasteiger partial charge on any atom is 0.191 e. The fraction of sp³-hybridized carbons (Fsp3) is 0.611. The van der Waals surface area contributed by atoms with Crippen LogP contribution in [-0.2, 0) is 4.74 Å². The van der Waals surface area contributed by atoms with E-state index in [9.17, 15) is 8.78 Å². The summed E-state index contributed by atoms with van der Waals surface area (Å²) in [6, 6.07) is 3.48. The number of likely N-dealkylation sites (N-methyl/N-ethyl adjacent to an activating group) is 1. The van der Waals surface area contributed by atoms with Crippen LogP contribution in [0.15, 0.2) is 23.2 Å². The minimum atomic E-state index is -0.542. The Bertz CT molecular complexity index is 518. The van der Waals surface area contributed by atoms with Crippen LogP contribution in [0.4, 0.5) is 8.78 Å². The number of halogens is 2. The van der Waals surface area contributed by atoms with Gasteiger partial charge in [-0.15, -0.1) is 0 Å². The lowest BCUT2D eigenvalue weighted by Gasteiger charge is -2.26. The quantitative estimate of drug-likeness (QED) is 0.384. The van der Waals surface area contributed by atoms with Crippen molar-refractivity contribution in [3.05, 3.63) is 35.4 Å². The van der Waals surface area contributed by atoms with Crippen LogP contribution in [0.5, 0.6) is 0 Å². The van der Waals surface area contributed by atoms with Gasteiger partial charge in [-0.3, -0.25) is 4.99 Å². The summed E-state index contributed by atoms with van der Waals surface area (Å²) in [4.78, 5) is 5.93. The Morgan fingerprint density at radius 2 is 1.88 bits per heavy atom. The van der Waals surface area contributed by atoms with E-state index >= 15 is 0 Å². The number of aliphatic imine (C=N–C) groups is 1. The number of hydrogen-bond acceptors (Lipinski definition) is 3. The van der Waals surface area contributed by atoms with Crippen LogP contribution >= 0.6 is 0 Å². The van der Waals surface area contributed by atoms with Crippen molar-refractivity contribution in [2.75, 3.05) is 47.4 Å². The summed E-state index contributed by atoms with van der Waals surface area (Å²) in [6.07, 6.45) is 1.93. The van der Waals surface area contributed by atoms with Crippen molar-refractivity contribution in [3.63, 3.8) is 0 Å². The van der Waals surface area contributed by atoms with Crippen molar-refractivity contribution >= 4 is 5.96 Å². The molecule has 0 bridgehead atoms. The summed E-state index contributed by atoms with van der Waals surface area (Å²) in [5.41, 5.74) is 0.0622. The molecule has 1 rings (SSSR count). The van der Waals surface area contributed by atoms with Crippen LogP contribution < -0.4 is 10.6 Å². The molecule has 1 unspecified atom stereocenters. The first-order valence-corrected chi connectivity index (χ1v) is 8.63. The molecule has 0 heterocycles. The van der Waals surface area contributed by atoms with E-state index in [2.05, 4.69) is 15.6 Å². The second kappa shape index (κ2) is 11.8. The molecule has 5 nitrogen and oxygen atoms in total. The zero-order chi connectivity index (χ0) is 18.7. The van der Waals surface area contributed by atoms with Gasteiger partial charge in [-0.1, -0.05) is 6.07 Å². The fourth-order valence-corrected chi connectivity index (χ4v) is 2.47. The average molecular weight is 356 g/mol. The summed E-state index contributed by atoms with van der Waals surface area (Å²) in [6.45, 7) is 4.55. The van der Waals surface area contributed by atoms with Gasteiger partial charge >= 0.3 is 0 Å². The molecule has 0 aromatic heterocycles. The Hall–Kier alpha value is -1.73. The zero-order valence-corrected chi connectivity index (χ0v) is 15.6. The number of guanidine groups is 1. The van der Waals surface area contributed by atoms with Gasteiger partial charge in [0.15, 0.2) is 5.96 Å². The molecule has 0 spiro atoms.